The third-order valence-electron chi connectivity index (χ3n) is 4.77. The van der Waals surface area contributed by atoms with Crippen LogP contribution in [0.15, 0.2) is 42.5 Å². The zero-order valence-corrected chi connectivity index (χ0v) is 15.9. The van der Waals surface area contributed by atoms with Crippen molar-refractivity contribution in [3.63, 3.8) is 0 Å². The van der Waals surface area contributed by atoms with E-state index in [1.807, 2.05) is 0 Å². The van der Waals surface area contributed by atoms with Crippen LogP contribution in [0.1, 0.15) is 39.1 Å². The Bertz CT molecular complexity index is 925. The molecule has 0 aliphatic carbocycles. The Balaban J connectivity index is 1.65. The van der Waals surface area contributed by atoms with Crippen molar-refractivity contribution >= 4 is 23.4 Å². The Morgan fingerprint density at radius 2 is 1.69 bits per heavy atom. The fraction of sp³-hybridized carbons (Fsp3) is 0.300. The summed E-state index contributed by atoms with van der Waals surface area (Å²) in [6.07, 6.45) is -4.05. The minimum Gasteiger partial charge on any atom is -0.349 e. The Kier molecular flexibility index (Phi) is 6.12. The number of alkyl halides is 3. The van der Waals surface area contributed by atoms with Crippen LogP contribution in [0.4, 0.5) is 17.6 Å². The van der Waals surface area contributed by atoms with Crippen LogP contribution in [-0.2, 0) is 6.18 Å². The van der Waals surface area contributed by atoms with Crippen LogP contribution >= 0.6 is 11.6 Å². The maximum atomic E-state index is 13.8. The van der Waals surface area contributed by atoms with Crippen molar-refractivity contribution in [2.75, 3.05) is 13.1 Å². The molecule has 0 atom stereocenters. The quantitative estimate of drug-likeness (QED) is 0.730. The van der Waals surface area contributed by atoms with Gasteiger partial charge in [0.25, 0.3) is 11.8 Å². The molecule has 1 aliphatic rings. The summed E-state index contributed by atoms with van der Waals surface area (Å²) in [5, 5.41) is 2.28. The number of amides is 2. The van der Waals surface area contributed by atoms with Crippen molar-refractivity contribution in [2.45, 2.75) is 25.1 Å². The third kappa shape index (κ3) is 4.70. The number of piperidine rings is 1. The number of nitrogens with one attached hydrogen (secondary N) is 1. The number of halogens is 5. The van der Waals surface area contributed by atoms with Crippen molar-refractivity contribution in [1.29, 1.82) is 0 Å². The molecule has 154 valence electrons. The number of carbonyl (C=O) groups excluding carboxylic acids is 2. The zero-order valence-electron chi connectivity index (χ0n) is 15.1. The molecule has 1 N–H and O–H groups in total. The monoisotopic (exact) mass is 428 g/mol. The topological polar surface area (TPSA) is 49.4 Å². The van der Waals surface area contributed by atoms with Gasteiger partial charge in [0.15, 0.2) is 0 Å². The lowest BCUT2D eigenvalue weighted by Gasteiger charge is -2.32. The van der Waals surface area contributed by atoms with Crippen molar-refractivity contribution in [1.82, 2.24) is 10.2 Å². The Hall–Kier alpha value is -2.61. The smallest absolute Gasteiger partial charge is 0.349 e. The summed E-state index contributed by atoms with van der Waals surface area (Å²) in [6.45, 7) is 0.486. The summed E-state index contributed by atoms with van der Waals surface area (Å²) < 4.78 is 53.4. The molecule has 0 aromatic heterocycles. The van der Waals surface area contributed by atoms with E-state index in [0.29, 0.717) is 12.8 Å². The minimum atomic E-state index is -4.72. The minimum absolute atomic E-state index is 0.0409. The SMILES string of the molecule is O=C(NC1CCN(C(=O)c2ccccc2F)CC1)c1c(Cl)cccc1C(F)(F)F. The van der Waals surface area contributed by atoms with Crippen LogP contribution < -0.4 is 5.32 Å². The predicted octanol–water partition coefficient (Wildman–Crippen LogP) is 4.53. The second-order valence-corrected chi connectivity index (χ2v) is 7.09. The van der Waals surface area contributed by atoms with Gasteiger partial charge in [-0.1, -0.05) is 29.8 Å². The molecule has 0 radical (unpaired) electrons. The van der Waals surface area contributed by atoms with Gasteiger partial charge in [-0.05, 0) is 37.1 Å². The second kappa shape index (κ2) is 8.41. The normalized spacial score (nSPS) is 15.3. The second-order valence-electron chi connectivity index (χ2n) is 6.68. The molecule has 2 aromatic carbocycles. The average Bonchev–Trinajstić information content (AvgIpc) is 2.67. The molecule has 3 rings (SSSR count). The number of benzene rings is 2. The first-order valence-electron chi connectivity index (χ1n) is 8.89. The van der Waals surface area contributed by atoms with Gasteiger partial charge in [0.1, 0.15) is 5.82 Å². The Morgan fingerprint density at radius 3 is 2.31 bits per heavy atom. The van der Waals surface area contributed by atoms with E-state index in [9.17, 15) is 27.2 Å². The van der Waals surface area contributed by atoms with Gasteiger partial charge in [-0.15, -0.1) is 0 Å². The van der Waals surface area contributed by atoms with E-state index in [1.165, 1.54) is 29.2 Å². The molecule has 2 amide bonds. The molecular weight excluding hydrogens is 412 g/mol. The summed E-state index contributed by atoms with van der Waals surface area (Å²) >= 11 is 5.85. The lowest BCUT2D eigenvalue weighted by Crippen LogP contribution is -2.47. The van der Waals surface area contributed by atoms with Gasteiger partial charge in [0.05, 0.1) is 21.7 Å². The van der Waals surface area contributed by atoms with Gasteiger partial charge in [0, 0.05) is 19.1 Å². The predicted molar refractivity (Wildman–Crippen MR) is 99.2 cm³/mol. The number of carbonyl (C=O) groups is 2. The van der Waals surface area contributed by atoms with Gasteiger partial charge in [-0.2, -0.15) is 13.2 Å². The molecule has 1 aliphatic heterocycles. The van der Waals surface area contributed by atoms with Gasteiger partial charge < -0.3 is 10.2 Å². The molecule has 1 heterocycles. The van der Waals surface area contributed by atoms with Crippen molar-refractivity contribution in [2.24, 2.45) is 0 Å². The lowest BCUT2D eigenvalue weighted by atomic mass is 10.0. The molecule has 29 heavy (non-hydrogen) atoms. The highest BCUT2D eigenvalue weighted by atomic mass is 35.5. The lowest BCUT2D eigenvalue weighted by molar-refractivity contribution is -0.137. The Labute approximate surface area is 169 Å². The molecule has 4 nitrogen and oxygen atoms in total. The summed E-state index contributed by atoms with van der Waals surface area (Å²) in [6, 6.07) is 8.36. The maximum absolute atomic E-state index is 13.8. The van der Waals surface area contributed by atoms with E-state index in [2.05, 4.69) is 5.32 Å². The van der Waals surface area contributed by atoms with E-state index in [0.717, 1.165) is 12.1 Å². The standard InChI is InChI=1S/C20H17ClF4N2O2/c21-15-6-3-5-14(20(23,24)25)17(15)18(28)26-12-8-10-27(11-9-12)19(29)13-4-1-2-7-16(13)22/h1-7,12H,8-11H2,(H,26,28). The van der Waals surface area contributed by atoms with E-state index < -0.39 is 41.0 Å². The van der Waals surface area contributed by atoms with Gasteiger partial charge in [-0.25, -0.2) is 4.39 Å². The van der Waals surface area contributed by atoms with Crippen LogP contribution in [0.5, 0.6) is 0 Å². The summed E-state index contributed by atoms with van der Waals surface area (Å²) in [4.78, 5) is 26.3. The van der Waals surface area contributed by atoms with E-state index >= 15 is 0 Å². The molecule has 0 bridgehead atoms. The van der Waals surface area contributed by atoms with Crippen LogP contribution in [0.2, 0.25) is 5.02 Å². The molecule has 0 unspecified atom stereocenters. The first kappa shape index (κ1) is 21.1. The number of likely N-dealkylation sites (tertiary alicyclic amines) is 1. The highest BCUT2D eigenvalue weighted by molar-refractivity contribution is 6.34. The fourth-order valence-electron chi connectivity index (χ4n) is 3.28. The number of hydrogen-bond acceptors (Lipinski definition) is 2. The number of hydrogen-bond donors (Lipinski definition) is 1. The summed E-state index contributed by atoms with van der Waals surface area (Å²) in [7, 11) is 0. The van der Waals surface area contributed by atoms with E-state index in [4.69, 9.17) is 11.6 Å². The first-order chi connectivity index (χ1) is 13.7. The molecule has 0 spiro atoms. The molecule has 9 heteroatoms. The largest absolute Gasteiger partial charge is 0.417 e. The highest BCUT2D eigenvalue weighted by Crippen LogP contribution is 2.35. The Morgan fingerprint density at radius 1 is 1.03 bits per heavy atom. The molecule has 1 fully saturated rings. The van der Waals surface area contributed by atoms with Gasteiger partial charge >= 0.3 is 6.18 Å². The number of nitrogens with zero attached hydrogens (tertiary/aromatic N) is 1. The average molecular weight is 429 g/mol. The number of rotatable bonds is 3. The van der Waals surface area contributed by atoms with E-state index in [1.54, 1.807) is 6.07 Å². The van der Waals surface area contributed by atoms with E-state index in [-0.39, 0.29) is 23.7 Å². The summed E-state index contributed by atoms with van der Waals surface area (Å²) in [5.41, 5.74) is -1.76. The third-order valence-corrected chi connectivity index (χ3v) is 5.08. The summed E-state index contributed by atoms with van der Waals surface area (Å²) in [5.74, 6) is -1.99. The van der Waals surface area contributed by atoms with Gasteiger partial charge in [-0.3, -0.25) is 9.59 Å². The molecular formula is C20H17ClF4N2O2. The van der Waals surface area contributed by atoms with Crippen LogP contribution in [0, 0.1) is 5.82 Å². The fourth-order valence-corrected chi connectivity index (χ4v) is 3.54. The van der Waals surface area contributed by atoms with Crippen molar-refractivity contribution < 1.29 is 27.2 Å². The van der Waals surface area contributed by atoms with Crippen LogP contribution in [0.3, 0.4) is 0 Å². The molecule has 0 saturated carbocycles. The highest BCUT2D eigenvalue weighted by Gasteiger charge is 2.37. The van der Waals surface area contributed by atoms with Gasteiger partial charge in [0.2, 0.25) is 0 Å². The maximum Gasteiger partial charge on any atom is 0.417 e. The first-order valence-corrected chi connectivity index (χ1v) is 9.26. The molecule has 2 aromatic rings. The molecule has 1 saturated heterocycles. The van der Waals surface area contributed by atoms with Crippen LogP contribution in [0.25, 0.3) is 0 Å². The van der Waals surface area contributed by atoms with Crippen LogP contribution in [-0.4, -0.2) is 35.8 Å². The van der Waals surface area contributed by atoms with Crippen molar-refractivity contribution in [3.05, 3.63) is 70.0 Å². The zero-order chi connectivity index (χ0) is 21.2. The van der Waals surface area contributed by atoms with Crippen molar-refractivity contribution in [3.8, 4) is 0 Å².